The predicted octanol–water partition coefficient (Wildman–Crippen LogP) is 2.96. The van der Waals surface area contributed by atoms with E-state index in [0.29, 0.717) is 17.3 Å². The van der Waals surface area contributed by atoms with E-state index >= 15 is 0 Å². The molecule has 0 bridgehead atoms. The summed E-state index contributed by atoms with van der Waals surface area (Å²) in [7, 11) is -4.22. The van der Waals surface area contributed by atoms with Gasteiger partial charge in [-0.1, -0.05) is 12.1 Å². The number of thioether (sulfide) groups is 1. The maximum absolute atomic E-state index is 12.4. The maximum Gasteiger partial charge on any atom is 0.339 e. The summed E-state index contributed by atoms with van der Waals surface area (Å²) in [4.78, 5) is 46.7. The summed E-state index contributed by atoms with van der Waals surface area (Å²) in [5.74, 6) is -1.36. The first-order valence-electron chi connectivity index (χ1n) is 9.30. The Hall–Kier alpha value is -3.71. The second-order valence-electron chi connectivity index (χ2n) is 6.43. The molecule has 13 heteroatoms. The third-order valence-corrected chi connectivity index (χ3v) is 6.35. The third kappa shape index (κ3) is 5.75. The SMILES string of the molecule is CCOC(=O)CN1C(=O)S/C(=C\c2ccc(OS(=O)(=O)c3ccc([N+](=O)[O-])cc3)cc2)C1=O. The van der Waals surface area contributed by atoms with Gasteiger partial charge < -0.3 is 8.92 Å². The van der Waals surface area contributed by atoms with Gasteiger partial charge >= 0.3 is 16.1 Å². The Labute approximate surface area is 192 Å². The number of nitro groups is 1. The highest BCUT2D eigenvalue weighted by molar-refractivity contribution is 8.18. The minimum absolute atomic E-state index is 0.0269. The van der Waals surface area contributed by atoms with Crippen LogP contribution in [0.25, 0.3) is 6.08 Å². The minimum Gasteiger partial charge on any atom is -0.465 e. The zero-order valence-corrected chi connectivity index (χ0v) is 18.6. The van der Waals surface area contributed by atoms with Crippen LogP contribution in [-0.4, -0.2) is 48.5 Å². The number of non-ortho nitro benzene ring substituents is 1. The average molecular weight is 492 g/mol. The van der Waals surface area contributed by atoms with Gasteiger partial charge in [0.05, 0.1) is 16.4 Å². The molecule has 1 aliphatic heterocycles. The van der Waals surface area contributed by atoms with E-state index in [2.05, 4.69) is 0 Å². The number of nitrogens with zero attached hydrogens (tertiary/aromatic N) is 2. The van der Waals surface area contributed by atoms with Gasteiger partial charge in [-0.15, -0.1) is 0 Å². The minimum atomic E-state index is -4.22. The van der Waals surface area contributed by atoms with E-state index in [9.17, 15) is 32.9 Å². The zero-order chi connectivity index (χ0) is 24.2. The fraction of sp³-hybridized carbons (Fsp3) is 0.150. The molecule has 0 spiro atoms. The number of rotatable bonds is 8. The molecule has 0 unspecified atom stereocenters. The van der Waals surface area contributed by atoms with E-state index in [1.165, 1.54) is 30.3 Å². The Morgan fingerprint density at radius 3 is 2.33 bits per heavy atom. The summed E-state index contributed by atoms with van der Waals surface area (Å²) >= 11 is 0.667. The fourth-order valence-corrected chi connectivity index (χ4v) is 4.42. The molecule has 11 nitrogen and oxygen atoms in total. The molecule has 0 N–H and O–H groups in total. The molecule has 1 saturated heterocycles. The third-order valence-electron chi connectivity index (χ3n) is 4.19. The predicted molar refractivity (Wildman–Crippen MR) is 117 cm³/mol. The van der Waals surface area contributed by atoms with E-state index in [1.807, 2.05) is 0 Å². The molecule has 0 saturated carbocycles. The quantitative estimate of drug-likeness (QED) is 0.177. The van der Waals surface area contributed by atoms with Gasteiger partial charge in [0, 0.05) is 12.1 Å². The Kier molecular flexibility index (Phi) is 7.13. The highest BCUT2D eigenvalue weighted by Gasteiger charge is 2.36. The average Bonchev–Trinajstić information content (AvgIpc) is 3.02. The number of carbonyl (C=O) groups is 3. The lowest BCUT2D eigenvalue weighted by molar-refractivity contribution is -0.384. The van der Waals surface area contributed by atoms with Gasteiger partial charge in [-0.2, -0.15) is 8.42 Å². The first-order valence-corrected chi connectivity index (χ1v) is 11.5. The number of amides is 2. The van der Waals surface area contributed by atoms with E-state index in [4.69, 9.17) is 8.92 Å². The number of benzene rings is 2. The molecule has 0 atom stereocenters. The summed E-state index contributed by atoms with van der Waals surface area (Å²) in [5, 5.41) is 10.1. The van der Waals surface area contributed by atoms with Crippen molar-refractivity contribution in [2.24, 2.45) is 0 Å². The normalized spacial score (nSPS) is 15.1. The van der Waals surface area contributed by atoms with Gasteiger partial charge in [0.1, 0.15) is 17.2 Å². The number of carbonyl (C=O) groups excluding carboxylic acids is 3. The van der Waals surface area contributed by atoms with Gasteiger partial charge in [-0.3, -0.25) is 29.4 Å². The first kappa shape index (κ1) is 23.9. The van der Waals surface area contributed by atoms with Crippen LogP contribution in [0.5, 0.6) is 5.75 Å². The van der Waals surface area contributed by atoms with Gasteiger partial charge in [-0.05, 0) is 54.6 Å². The van der Waals surface area contributed by atoms with Crippen LogP contribution in [0, 0.1) is 10.1 Å². The molecule has 0 aromatic heterocycles. The molecular weight excluding hydrogens is 476 g/mol. The lowest BCUT2D eigenvalue weighted by atomic mass is 10.2. The molecular formula is C20H16N2O9S2. The van der Waals surface area contributed by atoms with Crippen molar-refractivity contribution in [1.82, 2.24) is 4.90 Å². The number of hydrogen-bond donors (Lipinski definition) is 0. The molecule has 3 rings (SSSR count). The Bertz CT molecular complexity index is 1240. The molecule has 172 valence electrons. The monoisotopic (exact) mass is 492 g/mol. The largest absolute Gasteiger partial charge is 0.465 e. The van der Waals surface area contributed by atoms with Gasteiger partial charge in [0.15, 0.2) is 0 Å². The molecule has 2 aromatic carbocycles. The van der Waals surface area contributed by atoms with Crippen molar-refractivity contribution in [2.75, 3.05) is 13.2 Å². The number of hydrogen-bond acceptors (Lipinski definition) is 10. The van der Waals surface area contributed by atoms with Gasteiger partial charge in [0.2, 0.25) is 0 Å². The number of imide groups is 1. The standard InChI is InChI=1S/C20H16N2O9S2/c1-2-30-18(23)12-21-19(24)17(32-20(21)25)11-13-3-7-15(8-4-13)31-33(28,29)16-9-5-14(6-10-16)22(26)27/h3-11H,2,12H2,1H3/b17-11-. The Balaban J connectivity index is 1.70. The Morgan fingerprint density at radius 2 is 1.76 bits per heavy atom. The second kappa shape index (κ2) is 9.83. The van der Waals surface area contributed by atoms with Crippen LogP contribution in [0.3, 0.4) is 0 Å². The van der Waals surface area contributed by atoms with Crippen LogP contribution in [-0.2, 0) is 24.4 Å². The van der Waals surface area contributed by atoms with E-state index in [1.54, 1.807) is 6.92 Å². The number of nitro benzene ring substituents is 1. The second-order valence-corrected chi connectivity index (χ2v) is 8.97. The molecule has 2 amide bonds. The van der Waals surface area contributed by atoms with Crippen molar-refractivity contribution < 1.29 is 36.6 Å². The molecule has 33 heavy (non-hydrogen) atoms. The van der Waals surface area contributed by atoms with Crippen LogP contribution in [0.1, 0.15) is 12.5 Å². The summed E-state index contributed by atoms with van der Waals surface area (Å²) in [6.45, 7) is 1.25. The molecule has 1 heterocycles. The lowest BCUT2D eigenvalue weighted by Crippen LogP contribution is -2.34. The number of esters is 1. The van der Waals surface area contributed by atoms with Crippen LogP contribution in [0.15, 0.2) is 58.3 Å². The highest BCUT2D eigenvalue weighted by atomic mass is 32.2. The van der Waals surface area contributed by atoms with E-state index in [-0.39, 0.29) is 27.8 Å². The highest BCUT2D eigenvalue weighted by Crippen LogP contribution is 2.32. The molecule has 1 fully saturated rings. The van der Waals surface area contributed by atoms with Gasteiger partial charge in [0.25, 0.3) is 16.8 Å². The molecule has 2 aromatic rings. The van der Waals surface area contributed by atoms with Crippen LogP contribution in [0.2, 0.25) is 0 Å². The van der Waals surface area contributed by atoms with Crippen molar-refractivity contribution in [1.29, 1.82) is 0 Å². The maximum atomic E-state index is 12.4. The van der Waals surface area contributed by atoms with Crippen molar-refractivity contribution in [3.8, 4) is 5.75 Å². The Morgan fingerprint density at radius 1 is 1.12 bits per heavy atom. The first-order chi connectivity index (χ1) is 15.6. The van der Waals surface area contributed by atoms with Crippen molar-refractivity contribution in [2.45, 2.75) is 11.8 Å². The summed E-state index contributed by atoms with van der Waals surface area (Å²) < 4.78 is 34.5. The van der Waals surface area contributed by atoms with Gasteiger partial charge in [-0.25, -0.2) is 0 Å². The lowest BCUT2D eigenvalue weighted by Gasteiger charge is -2.10. The van der Waals surface area contributed by atoms with Crippen molar-refractivity contribution >= 4 is 50.8 Å². The van der Waals surface area contributed by atoms with E-state index < -0.39 is 38.7 Å². The fourth-order valence-electron chi connectivity index (χ4n) is 2.65. The zero-order valence-electron chi connectivity index (χ0n) is 17.0. The molecule has 1 aliphatic rings. The van der Waals surface area contributed by atoms with Crippen molar-refractivity contribution in [3.05, 3.63) is 69.1 Å². The smallest absolute Gasteiger partial charge is 0.339 e. The summed E-state index contributed by atoms with van der Waals surface area (Å²) in [6, 6.07) is 9.86. The van der Waals surface area contributed by atoms with Crippen LogP contribution >= 0.6 is 11.8 Å². The van der Waals surface area contributed by atoms with Crippen LogP contribution < -0.4 is 4.18 Å². The molecule has 0 aliphatic carbocycles. The molecule has 0 radical (unpaired) electrons. The van der Waals surface area contributed by atoms with E-state index in [0.717, 1.165) is 29.2 Å². The summed E-state index contributed by atoms with van der Waals surface area (Å²) in [5.41, 5.74) is 0.224. The summed E-state index contributed by atoms with van der Waals surface area (Å²) in [6.07, 6.45) is 1.42. The van der Waals surface area contributed by atoms with Crippen LogP contribution in [0.4, 0.5) is 10.5 Å². The topological polar surface area (TPSA) is 150 Å². The van der Waals surface area contributed by atoms with Crippen molar-refractivity contribution in [3.63, 3.8) is 0 Å². The number of ether oxygens (including phenoxy) is 1.